The lowest BCUT2D eigenvalue weighted by atomic mass is 9.91. The van der Waals surface area contributed by atoms with Crippen molar-refractivity contribution in [2.45, 2.75) is 58.1 Å². The Hall–Kier alpha value is -1.91. The van der Waals surface area contributed by atoms with Gasteiger partial charge < -0.3 is 9.16 Å². The van der Waals surface area contributed by atoms with Gasteiger partial charge in [-0.25, -0.2) is 0 Å². The summed E-state index contributed by atoms with van der Waals surface area (Å²) in [6, 6.07) is 21.4. The van der Waals surface area contributed by atoms with E-state index in [4.69, 9.17) is 9.16 Å². The number of fused-ring (bicyclic) bond motifs is 1. The Morgan fingerprint density at radius 3 is 2.00 bits per heavy atom. The van der Waals surface area contributed by atoms with Gasteiger partial charge in [-0.15, -0.1) is 0 Å². The van der Waals surface area contributed by atoms with Gasteiger partial charge in [0.15, 0.2) is 0 Å². The second-order valence-corrected chi connectivity index (χ2v) is 14.3. The van der Waals surface area contributed by atoms with Crippen LogP contribution in [-0.4, -0.2) is 27.5 Å². The molecule has 2 fully saturated rings. The SMILES string of the molecule is CC[C@@]12CC1C[C@@H](C(=O)OC)[C@@H]2O[Si](c1ccccc1)(c1ccccc1)C(C)(C)C. The molecule has 0 saturated heterocycles. The highest BCUT2D eigenvalue weighted by atomic mass is 28.4. The third kappa shape index (κ3) is 3.16. The zero-order valence-electron chi connectivity index (χ0n) is 18.9. The maximum Gasteiger partial charge on any atom is 0.311 e. The summed E-state index contributed by atoms with van der Waals surface area (Å²) >= 11 is 0. The first-order chi connectivity index (χ1) is 14.3. The Bertz CT molecular complexity index is 846. The number of hydrogen-bond donors (Lipinski definition) is 0. The van der Waals surface area contributed by atoms with Gasteiger partial charge in [0.05, 0.1) is 19.1 Å². The van der Waals surface area contributed by atoms with Crippen LogP contribution in [0.25, 0.3) is 0 Å². The van der Waals surface area contributed by atoms with Gasteiger partial charge in [0, 0.05) is 0 Å². The largest absolute Gasteiger partial charge is 0.469 e. The van der Waals surface area contributed by atoms with E-state index in [-0.39, 0.29) is 28.4 Å². The second kappa shape index (κ2) is 7.65. The van der Waals surface area contributed by atoms with Gasteiger partial charge >= 0.3 is 5.97 Å². The predicted molar refractivity (Wildman–Crippen MR) is 123 cm³/mol. The van der Waals surface area contributed by atoms with Crippen molar-refractivity contribution in [1.29, 1.82) is 0 Å². The normalized spacial score (nSPS) is 28.1. The molecule has 2 aromatic carbocycles. The maximum absolute atomic E-state index is 12.8. The van der Waals surface area contributed by atoms with Crippen LogP contribution in [0.3, 0.4) is 0 Å². The Morgan fingerprint density at radius 2 is 1.57 bits per heavy atom. The predicted octanol–water partition coefficient (Wildman–Crippen LogP) is 4.54. The van der Waals surface area contributed by atoms with Gasteiger partial charge in [-0.2, -0.15) is 0 Å². The molecule has 0 bridgehead atoms. The number of carbonyl (C=O) groups is 1. The number of rotatable bonds is 6. The molecule has 4 rings (SSSR count). The molecule has 4 heteroatoms. The molecule has 160 valence electrons. The fraction of sp³-hybridized carbons (Fsp3) is 0.500. The first-order valence-electron chi connectivity index (χ1n) is 11.2. The second-order valence-electron chi connectivity index (χ2n) is 10.1. The molecule has 0 spiro atoms. The van der Waals surface area contributed by atoms with Gasteiger partial charge in [0.2, 0.25) is 0 Å². The Kier molecular flexibility index (Phi) is 5.44. The van der Waals surface area contributed by atoms with E-state index in [0.29, 0.717) is 5.92 Å². The molecular weight excluding hydrogens is 388 g/mol. The molecule has 0 amide bonds. The minimum Gasteiger partial charge on any atom is -0.469 e. The lowest BCUT2D eigenvalue weighted by Crippen LogP contribution is -2.68. The van der Waals surface area contributed by atoms with E-state index in [1.807, 2.05) is 0 Å². The van der Waals surface area contributed by atoms with Crippen LogP contribution in [0.4, 0.5) is 0 Å². The first kappa shape index (κ1) is 21.3. The minimum atomic E-state index is -2.70. The van der Waals surface area contributed by atoms with Crippen LogP contribution < -0.4 is 10.4 Å². The van der Waals surface area contributed by atoms with Crippen molar-refractivity contribution in [3.8, 4) is 0 Å². The zero-order chi connectivity index (χ0) is 21.6. The van der Waals surface area contributed by atoms with Crippen LogP contribution in [0.5, 0.6) is 0 Å². The topological polar surface area (TPSA) is 35.5 Å². The smallest absolute Gasteiger partial charge is 0.311 e. The summed E-state index contributed by atoms with van der Waals surface area (Å²) in [6.07, 6.45) is 3.02. The van der Waals surface area contributed by atoms with Crippen molar-refractivity contribution in [2.75, 3.05) is 7.11 Å². The van der Waals surface area contributed by atoms with Gasteiger partial charge in [-0.3, -0.25) is 4.79 Å². The molecule has 2 saturated carbocycles. The van der Waals surface area contributed by atoms with E-state index >= 15 is 0 Å². The lowest BCUT2D eigenvalue weighted by Gasteiger charge is -2.47. The van der Waals surface area contributed by atoms with Gasteiger partial charge in [-0.1, -0.05) is 88.4 Å². The molecule has 0 heterocycles. The highest BCUT2D eigenvalue weighted by molar-refractivity contribution is 6.99. The highest BCUT2D eigenvalue weighted by Gasteiger charge is 2.69. The number of methoxy groups -OCH3 is 1. The maximum atomic E-state index is 12.8. The van der Waals surface area contributed by atoms with Crippen LogP contribution in [-0.2, 0) is 14.0 Å². The molecule has 0 aliphatic heterocycles. The van der Waals surface area contributed by atoms with E-state index in [1.165, 1.54) is 23.9 Å². The summed E-state index contributed by atoms with van der Waals surface area (Å²) in [6.45, 7) is 9.14. The van der Waals surface area contributed by atoms with E-state index in [9.17, 15) is 4.79 Å². The number of benzene rings is 2. The monoisotopic (exact) mass is 422 g/mol. The summed E-state index contributed by atoms with van der Waals surface area (Å²) in [7, 11) is -1.20. The van der Waals surface area contributed by atoms with Gasteiger partial charge in [0.25, 0.3) is 8.32 Å². The molecule has 2 aliphatic carbocycles. The van der Waals surface area contributed by atoms with Crippen molar-refractivity contribution in [3.05, 3.63) is 60.7 Å². The molecule has 1 unspecified atom stereocenters. The summed E-state index contributed by atoms with van der Waals surface area (Å²) < 4.78 is 12.7. The van der Waals surface area contributed by atoms with Crippen molar-refractivity contribution < 1.29 is 14.0 Å². The lowest BCUT2D eigenvalue weighted by molar-refractivity contribution is -0.149. The average Bonchev–Trinajstić information content (AvgIpc) is 3.39. The Labute approximate surface area is 181 Å². The Balaban J connectivity index is 1.89. The quantitative estimate of drug-likeness (QED) is 0.506. The number of ether oxygens (including phenoxy) is 1. The van der Waals surface area contributed by atoms with E-state index < -0.39 is 8.32 Å². The first-order valence-corrected chi connectivity index (χ1v) is 13.1. The van der Waals surface area contributed by atoms with Gasteiger partial charge in [0.1, 0.15) is 0 Å². The fourth-order valence-electron chi connectivity index (χ4n) is 5.98. The molecule has 2 aromatic rings. The third-order valence-electron chi connectivity index (χ3n) is 7.63. The molecule has 0 radical (unpaired) electrons. The molecule has 4 atom stereocenters. The van der Waals surface area contributed by atoms with Crippen LogP contribution in [0, 0.1) is 17.3 Å². The average molecular weight is 423 g/mol. The minimum absolute atomic E-state index is 0.0914. The zero-order valence-corrected chi connectivity index (χ0v) is 19.9. The van der Waals surface area contributed by atoms with Crippen LogP contribution in [0.2, 0.25) is 5.04 Å². The van der Waals surface area contributed by atoms with Crippen molar-refractivity contribution in [3.63, 3.8) is 0 Å². The van der Waals surface area contributed by atoms with E-state index in [2.05, 4.69) is 88.4 Å². The number of hydrogen-bond acceptors (Lipinski definition) is 3. The standard InChI is InChI=1S/C26H34O3Si/c1-6-26-18-19(26)17-22(24(27)28-5)23(26)29-30(25(2,3)4,20-13-9-7-10-14-20)21-15-11-8-12-16-21/h7-16,19,22-23H,6,17-18H2,1-5H3/t19?,22-,23+,26-/m1/s1. The number of carbonyl (C=O) groups excluding carboxylic acids is 1. The van der Waals surface area contributed by atoms with Crippen LogP contribution in [0.15, 0.2) is 60.7 Å². The fourth-order valence-corrected chi connectivity index (χ4v) is 10.8. The van der Waals surface area contributed by atoms with E-state index in [1.54, 1.807) is 0 Å². The van der Waals surface area contributed by atoms with Crippen LogP contribution >= 0.6 is 0 Å². The van der Waals surface area contributed by atoms with Crippen molar-refractivity contribution >= 4 is 24.7 Å². The molecule has 0 aromatic heterocycles. The molecule has 2 aliphatic rings. The molecule has 30 heavy (non-hydrogen) atoms. The molecule has 0 N–H and O–H groups in total. The highest BCUT2D eigenvalue weighted by Crippen LogP contribution is 2.69. The van der Waals surface area contributed by atoms with Gasteiger partial charge in [-0.05, 0) is 46.0 Å². The van der Waals surface area contributed by atoms with Crippen LogP contribution in [0.1, 0.15) is 47.0 Å². The van der Waals surface area contributed by atoms with E-state index in [0.717, 1.165) is 12.8 Å². The number of esters is 1. The summed E-state index contributed by atoms with van der Waals surface area (Å²) in [4.78, 5) is 12.8. The van der Waals surface area contributed by atoms with Crippen molar-refractivity contribution in [2.24, 2.45) is 17.3 Å². The van der Waals surface area contributed by atoms with Crippen molar-refractivity contribution in [1.82, 2.24) is 0 Å². The molecular formula is C26H34O3Si. The third-order valence-corrected chi connectivity index (χ3v) is 12.6. The molecule has 3 nitrogen and oxygen atoms in total. The Morgan fingerprint density at radius 1 is 1.03 bits per heavy atom. The summed E-state index contributed by atoms with van der Waals surface area (Å²) in [5.74, 6) is 0.295. The summed E-state index contributed by atoms with van der Waals surface area (Å²) in [5.41, 5.74) is 0.117. The summed E-state index contributed by atoms with van der Waals surface area (Å²) in [5, 5.41) is 2.43.